The van der Waals surface area contributed by atoms with E-state index in [-0.39, 0.29) is 11.8 Å². The van der Waals surface area contributed by atoms with Crippen molar-refractivity contribution in [3.05, 3.63) is 23.7 Å². The van der Waals surface area contributed by atoms with Crippen LogP contribution in [0.5, 0.6) is 0 Å². The molecule has 5 heteroatoms. The lowest BCUT2D eigenvalue weighted by Crippen LogP contribution is -2.29. The van der Waals surface area contributed by atoms with Gasteiger partial charge in [0.15, 0.2) is 0 Å². The molecule has 1 amide bonds. The number of rotatable bonds is 3. The summed E-state index contributed by atoms with van der Waals surface area (Å²) in [6.45, 7) is 0.603. The fourth-order valence-electron chi connectivity index (χ4n) is 2.83. The molecule has 1 saturated carbocycles. The molecule has 0 spiro atoms. The Morgan fingerprint density at radius 1 is 1.47 bits per heavy atom. The van der Waals surface area contributed by atoms with Crippen LogP contribution in [0.1, 0.15) is 19.3 Å². The van der Waals surface area contributed by atoms with Crippen molar-refractivity contribution in [2.24, 2.45) is 17.6 Å². The minimum absolute atomic E-state index is 0.0714. The van der Waals surface area contributed by atoms with Crippen LogP contribution in [-0.2, 0) is 4.79 Å². The SMILES string of the molecule is NCC1CCCC1C(=O)Nc1ccc2ncsc2c1. The second kappa shape index (κ2) is 5.27. The molecule has 1 heterocycles. The zero-order valence-electron chi connectivity index (χ0n) is 10.6. The van der Waals surface area contributed by atoms with E-state index in [0.29, 0.717) is 12.5 Å². The van der Waals surface area contributed by atoms with Crippen molar-refractivity contribution < 1.29 is 4.79 Å². The van der Waals surface area contributed by atoms with E-state index >= 15 is 0 Å². The molecule has 100 valence electrons. The highest BCUT2D eigenvalue weighted by molar-refractivity contribution is 7.16. The van der Waals surface area contributed by atoms with Crippen molar-refractivity contribution in [1.82, 2.24) is 4.98 Å². The largest absolute Gasteiger partial charge is 0.330 e. The Morgan fingerprint density at radius 2 is 2.37 bits per heavy atom. The Labute approximate surface area is 116 Å². The van der Waals surface area contributed by atoms with Crippen LogP contribution in [0, 0.1) is 11.8 Å². The Kier molecular flexibility index (Phi) is 3.48. The van der Waals surface area contributed by atoms with Gasteiger partial charge in [0, 0.05) is 11.6 Å². The topological polar surface area (TPSA) is 68.0 Å². The summed E-state index contributed by atoms with van der Waals surface area (Å²) in [7, 11) is 0. The van der Waals surface area contributed by atoms with E-state index < -0.39 is 0 Å². The number of nitrogens with zero attached hydrogens (tertiary/aromatic N) is 1. The van der Waals surface area contributed by atoms with Gasteiger partial charge < -0.3 is 11.1 Å². The monoisotopic (exact) mass is 275 g/mol. The first-order valence-corrected chi connectivity index (χ1v) is 7.50. The van der Waals surface area contributed by atoms with Crippen LogP contribution in [0.3, 0.4) is 0 Å². The lowest BCUT2D eigenvalue weighted by molar-refractivity contribution is -0.120. The van der Waals surface area contributed by atoms with E-state index in [9.17, 15) is 4.79 Å². The van der Waals surface area contributed by atoms with Crippen LogP contribution in [0.2, 0.25) is 0 Å². The van der Waals surface area contributed by atoms with E-state index in [2.05, 4.69) is 10.3 Å². The summed E-state index contributed by atoms with van der Waals surface area (Å²) in [5.41, 5.74) is 9.37. The highest BCUT2D eigenvalue weighted by Gasteiger charge is 2.31. The highest BCUT2D eigenvalue weighted by atomic mass is 32.1. The maximum absolute atomic E-state index is 12.3. The molecule has 2 atom stereocenters. The molecule has 3 N–H and O–H groups in total. The first-order valence-electron chi connectivity index (χ1n) is 6.62. The Balaban J connectivity index is 1.74. The third-order valence-corrected chi connectivity index (χ3v) is 4.69. The van der Waals surface area contributed by atoms with Gasteiger partial charge in [0.25, 0.3) is 0 Å². The Morgan fingerprint density at radius 3 is 3.21 bits per heavy atom. The average molecular weight is 275 g/mol. The van der Waals surface area contributed by atoms with Gasteiger partial charge in [-0.05, 0) is 43.5 Å². The second-order valence-electron chi connectivity index (χ2n) is 5.06. The molecule has 0 radical (unpaired) electrons. The van der Waals surface area contributed by atoms with Gasteiger partial charge in [-0.25, -0.2) is 4.98 Å². The number of hydrogen-bond donors (Lipinski definition) is 2. The third kappa shape index (κ3) is 2.48. The minimum Gasteiger partial charge on any atom is -0.330 e. The zero-order chi connectivity index (χ0) is 13.2. The number of fused-ring (bicyclic) bond motifs is 1. The molecular formula is C14H17N3OS. The van der Waals surface area contributed by atoms with Crippen LogP contribution in [0.15, 0.2) is 23.7 Å². The van der Waals surface area contributed by atoms with E-state index in [4.69, 9.17) is 5.73 Å². The maximum atomic E-state index is 12.3. The van der Waals surface area contributed by atoms with E-state index in [1.165, 1.54) is 0 Å². The molecule has 0 bridgehead atoms. The Hall–Kier alpha value is -1.46. The minimum atomic E-state index is 0.0714. The predicted octanol–water partition coefficient (Wildman–Crippen LogP) is 2.61. The molecule has 0 aliphatic heterocycles. The molecule has 1 aliphatic carbocycles. The second-order valence-corrected chi connectivity index (χ2v) is 5.94. The molecule has 1 aliphatic rings. The highest BCUT2D eigenvalue weighted by Crippen LogP contribution is 2.32. The van der Waals surface area contributed by atoms with E-state index in [1.54, 1.807) is 11.3 Å². The van der Waals surface area contributed by atoms with Crippen molar-refractivity contribution >= 4 is 33.1 Å². The van der Waals surface area contributed by atoms with Crippen molar-refractivity contribution in [2.75, 3.05) is 11.9 Å². The van der Waals surface area contributed by atoms with Crippen molar-refractivity contribution in [2.45, 2.75) is 19.3 Å². The van der Waals surface area contributed by atoms with E-state index in [1.807, 2.05) is 23.7 Å². The number of hydrogen-bond acceptors (Lipinski definition) is 4. The molecule has 1 aromatic heterocycles. The van der Waals surface area contributed by atoms with Gasteiger partial charge in [-0.1, -0.05) is 6.42 Å². The van der Waals surface area contributed by atoms with E-state index in [0.717, 1.165) is 35.2 Å². The number of amides is 1. The summed E-state index contributed by atoms with van der Waals surface area (Å²) < 4.78 is 1.10. The Bertz CT molecular complexity index is 595. The van der Waals surface area contributed by atoms with Crippen molar-refractivity contribution in [1.29, 1.82) is 0 Å². The summed E-state index contributed by atoms with van der Waals surface area (Å²) in [4.78, 5) is 16.5. The average Bonchev–Trinajstić information content (AvgIpc) is 3.06. The quantitative estimate of drug-likeness (QED) is 0.904. The molecule has 19 heavy (non-hydrogen) atoms. The van der Waals surface area contributed by atoms with Gasteiger partial charge in [0.1, 0.15) is 0 Å². The third-order valence-electron chi connectivity index (χ3n) is 3.90. The summed E-state index contributed by atoms with van der Waals surface area (Å²) in [5.74, 6) is 0.520. The fourth-order valence-corrected chi connectivity index (χ4v) is 3.55. The van der Waals surface area contributed by atoms with Crippen LogP contribution >= 0.6 is 11.3 Å². The zero-order valence-corrected chi connectivity index (χ0v) is 11.5. The van der Waals surface area contributed by atoms with Gasteiger partial charge in [-0.2, -0.15) is 0 Å². The molecule has 2 aromatic rings. The molecule has 3 rings (SSSR count). The lowest BCUT2D eigenvalue weighted by Gasteiger charge is -2.17. The predicted molar refractivity (Wildman–Crippen MR) is 78.1 cm³/mol. The van der Waals surface area contributed by atoms with Crippen molar-refractivity contribution in [3.8, 4) is 0 Å². The summed E-state index contributed by atoms with van der Waals surface area (Å²) in [6, 6.07) is 5.83. The molecule has 4 nitrogen and oxygen atoms in total. The molecule has 2 unspecified atom stereocenters. The number of aromatic nitrogens is 1. The molecule has 1 aromatic carbocycles. The first-order chi connectivity index (χ1) is 9.28. The summed E-state index contributed by atoms with van der Waals surface area (Å²) in [6.07, 6.45) is 3.13. The smallest absolute Gasteiger partial charge is 0.227 e. The lowest BCUT2D eigenvalue weighted by atomic mass is 9.95. The van der Waals surface area contributed by atoms with Crippen LogP contribution in [0.25, 0.3) is 10.2 Å². The molecule has 0 saturated heterocycles. The van der Waals surface area contributed by atoms with Gasteiger partial charge in [-0.3, -0.25) is 4.79 Å². The molecule has 1 fully saturated rings. The van der Waals surface area contributed by atoms with Gasteiger partial charge in [0.2, 0.25) is 5.91 Å². The number of nitrogens with two attached hydrogens (primary N) is 1. The number of benzene rings is 1. The normalized spacial score (nSPS) is 22.8. The first kappa shape index (κ1) is 12.6. The fraction of sp³-hybridized carbons (Fsp3) is 0.429. The van der Waals surface area contributed by atoms with Gasteiger partial charge >= 0.3 is 0 Å². The summed E-state index contributed by atoms with van der Waals surface area (Å²) in [5, 5.41) is 3.01. The standard InChI is InChI=1S/C14H17N3OS/c15-7-9-2-1-3-11(9)14(18)17-10-4-5-12-13(6-10)19-8-16-12/h4-6,8-9,11H,1-3,7,15H2,(H,17,18). The van der Waals surface area contributed by atoms with Crippen LogP contribution < -0.4 is 11.1 Å². The summed E-state index contributed by atoms with van der Waals surface area (Å²) >= 11 is 1.58. The number of anilines is 1. The molecular weight excluding hydrogens is 258 g/mol. The maximum Gasteiger partial charge on any atom is 0.227 e. The number of carbonyl (C=O) groups excluding carboxylic acids is 1. The van der Waals surface area contributed by atoms with Gasteiger partial charge in [0.05, 0.1) is 15.7 Å². The number of nitrogens with one attached hydrogen (secondary N) is 1. The number of carbonyl (C=O) groups is 1. The van der Waals surface area contributed by atoms with Crippen molar-refractivity contribution in [3.63, 3.8) is 0 Å². The van der Waals surface area contributed by atoms with Crippen LogP contribution in [-0.4, -0.2) is 17.4 Å². The van der Waals surface area contributed by atoms with Crippen LogP contribution in [0.4, 0.5) is 5.69 Å². The number of thiazole rings is 1. The van der Waals surface area contributed by atoms with Gasteiger partial charge in [-0.15, -0.1) is 11.3 Å².